The molecule has 0 bridgehead atoms. The van der Waals surface area contributed by atoms with Crippen molar-refractivity contribution >= 4 is 17.2 Å². The number of rotatable bonds is 8. The summed E-state index contributed by atoms with van der Waals surface area (Å²) >= 11 is 1.49. The topological polar surface area (TPSA) is 88.2 Å². The molecule has 1 atom stereocenters. The van der Waals surface area contributed by atoms with Crippen molar-refractivity contribution in [2.45, 2.75) is 25.3 Å². The average Bonchev–Trinajstić information content (AvgIpc) is 2.97. The van der Waals surface area contributed by atoms with E-state index >= 15 is 0 Å². The van der Waals surface area contributed by atoms with Crippen LogP contribution in [0.5, 0.6) is 0 Å². The molecule has 0 spiro atoms. The lowest BCUT2D eigenvalue weighted by atomic mass is 10.1. The van der Waals surface area contributed by atoms with Gasteiger partial charge >= 0.3 is 0 Å². The van der Waals surface area contributed by atoms with Gasteiger partial charge < -0.3 is 16.2 Å². The Hall–Kier alpha value is -1.76. The first-order valence-electron chi connectivity index (χ1n) is 7.30. The summed E-state index contributed by atoms with van der Waals surface area (Å²) in [6, 6.07) is 9.90. The Balaban J connectivity index is 1.86. The Kier molecular flexibility index (Phi) is 6.51. The first-order chi connectivity index (χ1) is 10.7. The molecule has 0 saturated heterocycles. The molecule has 0 radical (unpaired) electrons. The predicted molar refractivity (Wildman–Crippen MR) is 87.6 cm³/mol. The van der Waals surface area contributed by atoms with Crippen molar-refractivity contribution < 1.29 is 9.90 Å². The molecule has 22 heavy (non-hydrogen) atoms. The van der Waals surface area contributed by atoms with E-state index < -0.39 is 0 Å². The number of amides is 1. The summed E-state index contributed by atoms with van der Waals surface area (Å²) in [5.41, 5.74) is 8.10. The monoisotopic (exact) mass is 319 g/mol. The third kappa shape index (κ3) is 5.22. The van der Waals surface area contributed by atoms with Gasteiger partial charge in [-0.1, -0.05) is 30.3 Å². The van der Waals surface area contributed by atoms with Crippen LogP contribution < -0.4 is 11.1 Å². The first-order valence-corrected chi connectivity index (χ1v) is 8.18. The van der Waals surface area contributed by atoms with Gasteiger partial charge in [0, 0.05) is 18.5 Å². The van der Waals surface area contributed by atoms with E-state index in [9.17, 15) is 4.79 Å². The summed E-state index contributed by atoms with van der Waals surface area (Å²) in [5.74, 6) is -0.0815. The third-order valence-electron chi connectivity index (χ3n) is 3.18. The maximum absolute atomic E-state index is 11.7. The van der Waals surface area contributed by atoms with Gasteiger partial charge in [-0.25, -0.2) is 4.98 Å². The first kappa shape index (κ1) is 16.6. The minimum absolute atomic E-state index is 0.0788. The normalized spacial score (nSPS) is 12.1. The van der Waals surface area contributed by atoms with Crippen molar-refractivity contribution in [2.24, 2.45) is 5.73 Å². The fourth-order valence-corrected chi connectivity index (χ4v) is 2.88. The van der Waals surface area contributed by atoms with Gasteiger partial charge in [0.1, 0.15) is 5.01 Å². The van der Waals surface area contributed by atoms with Crippen LogP contribution in [0.3, 0.4) is 0 Å². The number of hydrogen-bond donors (Lipinski definition) is 3. The summed E-state index contributed by atoms with van der Waals surface area (Å²) in [7, 11) is 0. The van der Waals surface area contributed by atoms with Crippen molar-refractivity contribution in [2.75, 3.05) is 13.2 Å². The van der Waals surface area contributed by atoms with Crippen LogP contribution in [0.4, 0.5) is 0 Å². The fraction of sp³-hybridized carbons (Fsp3) is 0.375. The van der Waals surface area contributed by atoms with E-state index in [-0.39, 0.29) is 25.0 Å². The largest absolute Gasteiger partial charge is 0.396 e. The Labute approximate surface area is 134 Å². The van der Waals surface area contributed by atoms with Crippen LogP contribution in [0.25, 0.3) is 0 Å². The molecule has 0 aliphatic carbocycles. The minimum Gasteiger partial charge on any atom is -0.396 e. The maximum Gasteiger partial charge on any atom is 0.226 e. The molecule has 1 heterocycles. The van der Waals surface area contributed by atoms with E-state index in [0.29, 0.717) is 13.0 Å². The number of carbonyl (C=O) groups is 1. The molecule has 4 N–H and O–H groups in total. The van der Waals surface area contributed by atoms with Crippen LogP contribution >= 0.6 is 11.3 Å². The quantitative estimate of drug-likeness (QED) is 0.642. The van der Waals surface area contributed by atoms with Crippen LogP contribution in [0.15, 0.2) is 35.7 Å². The standard InChI is InChI=1S/C16H21N3O2S/c17-14(9-12-5-2-1-3-6-12)16-19-13(11-22-16)10-15(21)18-7-4-8-20/h1-3,5-6,11,14,20H,4,7-10,17H2,(H,18,21). The van der Waals surface area contributed by atoms with E-state index in [0.717, 1.165) is 17.1 Å². The van der Waals surface area contributed by atoms with Crippen LogP contribution in [0.1, 0.15) is 28.7 Å². The highest BCUT2D eigenvalue weighted by molar-refractivity contribution is 7.09. The Morgan fingerprint density at radius 3 is 2.86 bits per heavy atom. The number of carbonyl (C=O) groups excluding carboxylic acids is 1. The molecule has 1 aromatic carbocycles. The molecule has 2 aromatic rings. The third-order valence-corrected chi connectivity index (χ3v) is 4.21. The molecule has 5 nitrogen and oxygen atoms in total. The lowest BCUT2D eigenvalue weighted by Gasteiger charge is -2.08. The van der Waals surface area contributed by atoms with Crippen molar-refractivity contribution in [3.63, 3.8) is 0 Å². The summed E-state index contributed by atoms with van der Waals surface area (Å²) in [6.45, 7) is 0.565. The molecule has 118 valence electrons. The van der Waals surface area contributed by atoms with Gasteiger partial charge in [-0.2, -0.15) is 0 Å². The second kappa shape index (κ2) is 8.63. The number of aliphatic hydroxyl groups excluding tert-OH is 1. The zero-order valence-corrected chi connectivity index (χ0v) is 13.2. The van der Waals surface area contributed by atoms with Crippen LogP contribution in [-0.2, 0) is 17.6 Å². The molecule has 0 aliphatic heterocycles. The molecule has 0 saturated carbocycles. The van der Waals surface area contributed by atoms with Crippen LogP contribution in [0.2, 0.25) is 0 Å². The maximum atomic E-state index is 11.7. The SMILES string of the molecule is NC(Cc1ccccc1)c1nc(CC(=O)NCCCO)cs1. The van der Waals surface area contributed by atoms with E-state index in [1.54, 1.807) is 0 Å². The predicted octanol–water partition coefficient (Wildman–Crippen LogP) is 1.43. The molecule has 0 aliphatic rings. The summed E-state index contributed by atoms with van der Waals surface area (Å²) in [4.78, 5) is 16.2. The van der Waals surface area contributed by atoms with E-state index in [1.807, 2.05) is 35.7 Å². The Bertz CT molecular complexity index is 586. The Morgan fingerprint density at radius 2 is 2.14 bits per heavy atom. The van der Waals surface area contributed by atoms with Gasteiger partial charge in [0.25, 0.3) is 0 Å². The van der Waals surface area contributed by atoms with Gasteiger partial charge in [0.2, 0.25) is 5.91 Å². The zero-order valence-electron chi connectivity index (χ0n) is 12.4. The highest BCUT2D eigenvalue weighted by atomic mass is 32.1. The number of aliphatic hydroxyl groups is 1. The number of nitrogens with two attached hydrogens (primary N) is 1. The Morgan fingerprint density at radius 1 is 1.36 bits per heavy atom. The lowest BCUT2D eigenvalue weighted by molar-refractivity contribution is -0.120. The summed E-state index contributed by atoms with van der Waals surface area (Å²) in [6.07, 6.45) is 1.55. The molecule has 1 unspecified atom stereocenters. The van der Waals surface area contributed by atoms with Gasteiger partial charge in [0.15, 0.2) is 0 Å². The van der Waals surface area contributed by atoms with Crippen molar-refractivity contribution in [1.82, 2.24) is 10.3 Å². The second-order valence-corrected chi connectivity index (χ2v) is 5.97. The van der Waals surface area contributed by atoms with E-state index in [1.165, 1.54) is 16.9 Å². The number of nitrogens with one attached hydrogen (secondary N) is 1. The minimum atomic E-state index is -0.154. The second-order valence-electron chi connectivity index (χ2n) is 5.08. The average molecular weight is 319 g/mol. The number of thiazole rings is 1. The van der Waals surface area contributed by atoms with E-state index in [2.05, 4.69) is 10.3 Å². The molecule has 2 rings (SSSR count). The number of benzene rings is 1. The number of hydrogen-bond acceptors (Lipinski definition) is 5. The lowest BCUT2D eigenvalue weighted by Crippen LogP contribution is -2.26. The highest BCUT2D eigenvalue weighted by Crippen LogP contribution is 2.20. The molecule has 1 aromatic heterocycles. The fourth-order valence-electron chi connectivity index (χ4n) is 2.06. The van der Waals surface area contributed by atoms with Gasteiger partial charge in [0.05, 0.1) is 18.2 Å². The number of aromatic nitrogens is 1. The summed E-state index contributed by atoms with van der Waals surface area (Å²) in [5, 5.41) is 14.2. The molecular weight excluding hydrogens is 298 g/mol. The molecular formula is C16H21N3O2S. The smallest absolute Gasteiger partial charge is 0.226 e. The van der Waals surface area contributed by atoms with Crippen molar-refractivity contribution in [3.8, 4) is 0 Å². The molecule has 0 fully saturated rings. The van der Waals surface area contributed by atoms with Crippen LogP contribution in [-0.4, -0.2) is 29.1 Å². The van der Waals surface area contributed by atoms with Crippen LogP contribution in [0, 0.1) is 0 Å². The van der Waals surface area contributed by atoms with Crippen molar-refractivity contribution in [3.05, 3.63) is 52.0 Å². The molecule has 1 amide bonds. The molecule has 6 heteroatoms. The van der Waals surface area contributed by atoms with Gasteiger partial charge in [-0.05, 0) is 18.4 Å². The number of nitrogens with zero attached hydrogens (tertiary/aromatic N) is 1. The zero-order chi connectivity index (χ0) is 15.8. The van der Waals surface area contributed by atoms with Gasteiger partial charge in [-0.15, -0.1) is 11.3 Å². The highest BCUT2D eigenvalue weighted by Gasteiger charge is 2.13. The summed E-state index contributed by atoms with van der Waals surface area (Å²) < 4.78 is 0. The van der Waals surface area contributed by atoms with Crippen molar-refractivity contribution in [1.29, 1.82) is 0 Å². The van der Waals surface area contributed by atoms with Gasteiger partial charge in [-0.3, -0.25) is 4.79 Å². The van der Waals surface area contributed by atoms with E-state index in [4.69, 9.17) is 10.8 Å².